The molecule has 0 N–H and O–H groups in total. The van der Waals surface area contributed by atoms with Gasteiger partial charge in [-0.2, -0.15) is 5.26 Å². The summed E-state index contributed by atoms with van der Waals surface area (Å²) in [6.45, 7) is 10.1. The first kappa shape index (κ1) is 11.4. The molecule has 0 heterocycles. The van der Waals surface area contributed by atoms with Gasteiger partial charge in [-0.25, -0.2) is 0 Å². The van der Waals surface area contributed by atoms with E-state index < -0.39 is 0 Å². The van der Waals surface area contributed by atoms with Crippen molar-refractivity contribution >= 4 is 0 Å². The zero-order chi connectivity index (χ0) is 9.78. The standard InChI is InChI=1S/C10H19NO/c1-8(2)6-9(7-11)12-10(3,4)5/h8-9H,6H2,1-5H3. The lowest BCUT2D eigenvalue weighted by Crippen LogP contribution is -2.27. The van der Waals surface area contributed by atoms with Crippen LogP contribution in [0.3, 0.4) is 0 Å². The Bertz CT molecular complexity index is 162. The Balaban J connectivity index is 3.95. The van der Waals surface area contributed by atoms with Crippen LogP contribution >= 0.6 is 0 Å². The largest absolute Gasteiger partial charge is 0.358 e. The van der Waals surface area contributed by atoms with E-state index >= 15 is 0 Å². The van der Waals surface area contributed by atoms with E-state index in [0.717, 1.165) is 6.42 Å². The fourth-order valence-electron chi connectivity index (χ4n) is 0.982. The molecule has 0 aromatic rings. The Labute approximate surface area is 75.5 Å². The molecule has 0 radical (unpaired) electrons. The molecular formula is C10H19NO. The highest BCUT2D eigenvalue weighted by atomic mass is 16.5. The highest BCUT2D eigenvalue weighted by Crippen LogP contribution is 2.15. The van der Waals surface area contributed by atoms with Crippen LogP contribution in [-0.4, -0.2) is 11.7 Å². The fraction of sp³-hybridized carbons (Fsp3) is 0.900. The van der Waals surface area contributed by atoms with Crippen molar-refractivity contribution in [2.75, 3.05) is 0 Å². The summed E-state index contributed by atoms with van der Waals surface area (Å²) in [5.41, 5.74) is -0.213. The van der Waals surface area contributed by atoms with Crippen molar-refractivity contribution in [2.24, 2.45) is 5.92 Å². The molecule has 12 heavy (non-hydrogen) atoms. The topological polar surface area (TPSA) is 33.0 Å². The summed E-state index contributed by atoms with van der Waals surface area (Å²) in [5, 5.41) is 8.76. The Morgan fingerprint density at radius 1 is 1.33 bits per heavy atom. The fourth-order valence-corrected chi connectivity index (χ4v) is 0.982. The van der Waals surface area contributed by atoms with Crippen molar-refractivity contribution < 1.29 is 4.74 Å². The van der Waals surface area contributed by atoms with Crippen LogP contribution < -0.4 is 0 Å². The molecule has 0 spiro atoms. The SMILES string of the molecule is CC(C)CC(C#N)OC(C)(C)C. The lowest BCUT2D eigenvalue weighted by atomic mass is 10.1. The molecule has 0 aliphatic rings. The molecule has 2 nitrogen and oxygen atoms in total. The summed E-state index contributed by atoms with van der Waals surface area (Å²) < 4.78 is 5.54. The second-order valence-corrected chi connectivity index (χ2v) is 4.48. The maximum Gasteiger partial charge on any atom is 0.144 e. The quantitative estimate of drug-likeness (QED) is 0.650. The van der Waals surface area contributed by atoms with Crippen molar-refractivity contribution in [3.8, 4) is 6.07 Å². The third kappa shape index (κ3) is 6.18. The number of ether oxygens (including phenoxy) is 1. The average molecular weight is 169 g/mol. The Hall–Kier alpha value is -0.550. The summed E-state index contributed by atoms with van der Waals surface area (Å²) in [7, 11) is 0. The lowest BCUT2D eigenvalue weighted by Gasteiger charge is -2.24. The molecule has 70 valence electrons. The summed E-state index contributed by atoms with van der Waals surface area (Å²) in [6.07, 6.45) is 0.554. The van der Waals surface area contributed by atoms with E-state index in [1.165, 1.54) is 0 Å². The molecule has 1 atom stereocenters. The van der Waals surface area contributed by atoms with Gasteiger partial charge in [0.25, 0.3) is 0 Å². The summed E-state index contributed by atoms with van der Waals surface area (Å²) in [4.78, 5) is 0. The van der Waals surface area contributed by atoms with Crippen molar-refractivity contribution in [2.45, 2.75) is 52.7 Å². The minimum Gasteiger partial charge on any atom is -0.358 e. The highest BCUT2D eigenvalue weighted by Gasteiger charge is 2.18. The molecule has 2 heteroatoms. The van der Waals surface area contributed by atoms with Gasteiger partial charge < -0.3 is 4.74 Å². The molecule has 0 rings (SSSR count). The van der Waals surface area contributed by atoms with Crippen molar-refractivity contribution in [1.29, 1.82) is 5.26 Å². The van der Waals surface area contributed by atoms with E-state index in [4.69, 9.17) is 10.00 Å². The van der Waals surface area contributed by atoms with Crippen molar-refractivity contribution in [3.63, 3.8) is 0 Å². The van der Waals surface area contributed by atoms with Gasteiger partial charge in [0.2, 0.25) is 0 Å². The third-order valence-corrected chi connectivity index (χ3v) is 1.33. The van der Waals surface area contributed by atoms with E-state index in [1.807, 2.05) is 20.8 Å². The molecule has 0 amide bonds. The molecular weight excluding hydrogens is 150 g/mol. The number of nitriles is 1. The molecule has 1 unspecified atom stereocenters. The second kappa shape index (κ2) is 4.47. The van der Waals surface area contributed by atoms with Crippen molar-refractivity contribution in [1.82, 2.24) is 0 Å². The highest BCUT2D eigenvalue weighted by molar-refractivity contribution is 4.86. The first-order valence-electron chi connectivity index (χ1n) is 4.42. The van der Waals surface area contributed by atoms with Gasteiger partial charge in [0.05, 0.1) is 11.7 Å². The average Bonchev–Trinajstić information content (AvgIpc) is 1.82. The molecule has 0 saturated carbocycles. The molecule has 0 aliphatic carbocycles. The zero-order valence-electron chi connectivity index (χ0n) is 8.72. The summed E-state index contributed by atoms with van der Waals surface area (Å²) in [6, 6.07) is 2.17. The Morgan fingerprint density at radius 3 is 2.08 bits per heavy atom. The van der Waals surface area contributed by atoms with Gasteiger partial charge in [0, 0.05) is 0 Å². The van der Waals surface area contributed by atoms with Crippen LogP contribution in [0.4, 0.5) is 0 Å². The second-order valence-electron chi connectivity index (χ2n) is 4.48. The minimum absolute atomic E-state index is 0.213. The predicted octanol–water partition coefficient (Wildman–Crippen LogP) is 2.74. The monoisotopic (exact) mass is 169 g/mol. The Morgan fingerprint density at radius 2 is 1.83 bits per heavy atom. The van der Waals surface area contributed by atoms with Crippen LogP contribution in [0.1, 0.15) is 41.0 Å². The number of nitrogens with zero attached hydrogens (tertiary/aromatic N) is 1. The Kier molecular flexibility index (Phi) is 4.26. The minimum atomic E-state index is -0.259. The number of hydrogen-bond acceptors (Lipinski definition) is 2. The van der Waals surface area contributed by atoms with Gasteiger partial charge in [0.15, 0.2) is 0 Å². The van der Waals surface area contributed by atoms with Gasteiger partial charge in [-0.3, -0.25) is 0 Å². The van der Waals surface area contributed by atoms with Crippen LogP contribution in [0, 0.1) is 17.2 Å². The molecule has 0 saturated heterocycles. The molecule has 0 fully saturated rings. The number of rotatable bonds is 3. The summed E-state index contributed by atoms with van der Waals surface area (Å²) in [5.74, 6) is 0.511. The van der Waals surface area contributed by atoms with E-state index in [1.54, 1.807) is 0 Å². The normalized spacial score (nSPS) is 14.4. The molecule has 0 aromatic carbocycles. The van der Waals surface area contributed by atoms with E-state index in [9.17, 15) is 0 Å². The lowest BCUT2D eigenvalue weighted by molar-refractivity contribution is -0.0416. The smallest absolute Gasteiger partial charge is 0.144 e. The van der Waals surface area contributed by atoms with Crippen LogP contribution in [0.15, 0.2) is 0 Å². The van der Waals surface area contributed by atoms with Crippen LogP contribution in [0.25, 0.3) is 0 Å². The molecule has 0 aromatic heterocycles. The van der Waals surface area contributed by atoms with Crippen molar-refractivity contribution in [3.05, 3.63) is 0 Å². The first-order chi connectivity index (χ1) is 5.35. The first-order valence-corrected chi connectivity index (χ1v) is 4.42. The van der Waals surface area contributed by atoms with Crippen LogP contribution in [0.2, 0.25) is 0 Å². The maximum absolute atomic E-state index is 8.76. The van der Waals surface area contributed by atoms with Crippen LogP contribution in [0.5, 0.6) is 0 Å². The van der Waals surface area contributed by atoms with Gasteiger partial charge in [-0.15, -0.1) is 0 Å². The zero-order valence-corrected chi connectivity index (χ0v) is 8.72. The van der Waals surface area contributed by atoms with Gasteiger partial charge in [-0.1, -0.05) is 13.8 Å². The molecule has 0 bridgehead atoms. The predicted molar refractivity (Wildman–Crippen MR) is 49.7 cm³/mol. The van der Waals surface area contributed by atoms with Gasteiger partial charge >= 0.3 is 0 Å². The van der Waals surface area contributed by atoms with E-state index in [-0.39, 0.29) is 11.7 Å². The van der Waals surface area contributed by atoms with E-state index in [0.29, 0.717) is 5.92 Å². The van der Waals surface area contributed by atoms with E-state index in [2.05, 4.69) is 19.9 Å². The maximum atomic E-state index is 8.76. The molecule has 0 aliphatic heterocycles. The summed E-state index contributed by atoms with van der Waals surface area (Å²) >= 11 is 0. The third-order valence-electron chi connectivity index (χ3n) is 1.33. The van der Waals surface area contributed by atoms with Gasteiger partial charge in [-0.05, 0) is 33.1 Å². The number of hydrogen-bond donors (Lipinski definition) is 0. The van der Waals surface area contributed by atoms with Crippen LogP contribution in [-0.2, 0) is 4.74 Å². The van der Waals surface area contributed by atoms with Gasteiger partial charge in [0.1, 0.15) is 6.10 Å².